The Hall–Kier alpha value is -1.23. The number of aliphatic hydroxyl groups is 1. The molecule has 5 heteroatoms. The maximum atomic E-state index is 13.2. The molecular weight excluding hydrogens is 219 g/mol. The van der Waals surface area contributed by atoms with Crippen LogP contribution in [0.5, 0.6) is 0 Å². The van der Waals surface area contributed by atoms with Crippen molar-refractivity contribution in [2.24, 2.45) is 0 Å². The number of hydrogen-bond donors (Lipinski definition) is 2. The molecule has 0 aliphatic heterocycles. The van der Waals surface area contributed by atoms with E-state index in [9.17, 15) is 18.3 Å². The number of benzene rings is 1. The third-order valence-electron chi connectivity index (χ3n) is 2.43. The molecule has 0 aliphatic carbocycles. The third-order valence-corrected chi connectivity index (χ3v) is 2.43. The first-order valence-corrected chi connectivity index (χ1v) is 4.85. The van der Waals surface area contributed by atoms with Crippen LogP contribution in [0.4, 0.5) is 18.9 Å². The van der Waals surface area contributed by atoms with Gasteiger partial charge in [0.25, 0.3) is 0 Å². The van der Waals surface area contributed by atoms with Gasteiger partial charge in [0, 0.05) is 12.1 Å². The van der Waals surface area contributed by atoms with Crippen LogP contribution in [0.2, 0.25) is 0 Å². The van der Waals surface area contributed by atoms with Gasteiger partial charge in [-0.2, -0.15) is 0 Å². The van der Waals surface area contributed by atoms with Crippen LogP contribution in [0.3, 0.4) is 0 Å². The minimum Gasteiger partial charge on any atom is -0.388 e. The summed E-state index contributed by atoms with van der Waals surface area (Å²) in [5.74, 6) is -3.02. The topological polar surface area (TPSA) is 32.3 Å². The minimum atomic E-state index is -1.15. The minimum absolute atomic E-state index is 0.434. The van der Waals surface area contributed by atoms with Gasteiger partial charge in [-0.25, -0.2) is 13.2 Å². The normalized spacial score (nSPS) is 13.7. The summed E-state index contributed by atoms with van der Waals surface area (Å²) in [4.78, 5) is 0. The molecule has 0 saturated heterocycles. The lowest BCUT2D eigenvalue weighted by Crippen LogP contribution is -2.39. The Morgan fingerprint density at radius 2 is 1.62 bits per heavy atom. The Morgan fingerprint density at radius 3 is 2.00 bits per heavy atom. The molecule has 0 radical (unpaired) electrons. The first kappa shape index (κ1) is 12.8. The molecule has 1 atom stereocenters. The summed E-state index contributed by atoms with van der Waals surface area (Å²) in [6.45, 7) is 4.58. The molecule has 1 aromatic rings. The summed E-state index contributed by atoms with van der Waals surface area (Å²) in [6, 6.07) is 0.590. The molecule has 2 nitrogen and oxygen atoms in total. The van der Waals surface area contributed by atoms with E-state index in [1.807, 2.05) is 0 Å². The molecule has 16 heavy (non-hydrogen) atoms. The zero-order valence-corrected chi connectivity index (χ0v) is 9.31. The van der Waals surface area contributed by atoms with Crippen molar-refractivity contribution >= 4 is 5.69 Å². The zero-order valence-electron chi connectivity index (χ0n) is 9.31. The van der Waals surface area contributed by atoms with Crippen LogP contribution in [0.25, 0.3) is 0 Å². The fraction of sp³-hybridized carbons (Fsp3) is 0.455. The van der Waals surface area contributed by atoms with Crippen LogP contribution in [-0.2, 0) is 0 Å². The molecule has 0 aromatic heterocycles. The highest BCUT2D eigenvalue weighted by molar-refractivity contribution is 5.47. The van der Waals surface area contributed by atoms with Gasteiger partial charge in [-0.15, -0.1) is 0 Å². The van der Waals surface area contributed by atoms with E-state index in [1.54, 1.807) is 6.92 Å². The second-order valence-corrected chi connectivity index (χ2v) is 4.26. The average Bonchev–Trinajstić information content (AvgIpc) is 2.08. The van der Waals surface area contributed by atoms with Gasteiger partial charge in [0.2, 0.25) is 0 Å². The van der Waals surface area contributed by atoms with Crippen LogP contribution in [-0.4, -0.2) is 16.7 Å². The molecule has 0 bridgehead atoms. The van der Waals surface area contributed by atoms with E-state index in [2.05, 4.69) is 5.32 Å². The Balaban J connectivity index is 2.98. The molecule has 2 N–H and O–H groups in total. The third kappa shape index (κ3) is 2.88. The van der Waals surface area contributed by atoms with Crippen molar-refractivity contribution in [2.75, 3.05) is 5.32 Å². The Labute approximate surface area is 92.1 Å². The number of anilines is 1. The maximum absolute atomic E-state index is 13.2. The lowest BCUT2D eigenvalue weighted by Gasteiger charge is -2.27. The largest absolute Gasteiger partial charge is 0.388 e. The van der Waals surface area contributed by atoms with Crippen LogP contribution in [0.15, 0.2) is 12.1 Å². The molecule has 90 valence electrons. The average molecular weight is 233 g/mol. The highest BCUT2D eigenvalue weighted by Gasteiger charge is 2.24. The van der Waals surface area contributed by atoms with Crippen molar-refractivity contribution < 1.29 is 18.3 Å². The molecule has 0 heterocycles. The van der Waals surface area contributed by atoms with Gasteiger partial charge < -0.3 is 10.4 Å². The molecule has 0 fully saturated rings. The summed E-state index contributed by atoms with van der Waals surface area (Å²) >= 11 is 0. The van der Waals surface area contributed by atoms with Crippen LogP contribution < -0.4 is 5.32 Å². The number of rotatable bonds is 3. The Morgan fingerprint density at radius 1 is 1.19 bits per heavy atom. The van der Waals surface area contributed by atoms with E-state index in [0.29, 0.717) is 12.1 Å². The van der Waals surface area contributed by atoms with Crippen LogP contribution >= 0.6 is 0 Å². The summed E-state index contributed by atoms with van der Waals surface area (Å²) in [5.41, 5.74) is -1.58. The zero-order chi connectivity index (χ0) is 12.5. The predicted molar refractivity (Wildman–Crippen MR) is 55.7 cm³/mol. The van der Waals surface area contributed by atoms with Crippen molar-refractivity contribution in [1.29, 1.82) is 0 Å². The highest BCUT2D eigenvalue weighted by atomic mass is 19.1. The smallest absolute Gasteiger partial charge is 0.152 e. The summed E-state index contributed by atoms with van der Waals surface area (Å²) in [7, 11) is 0. The maximum Gasteiger partial charge on any atom is 0.152 e. The monoisotopic (exact) mass is 233 g/mol. The van der Waals surface area contributed by atoms with Gasteiger partial charge in [0.1, 0.15) is 11.5 Å². The van der Waals surface area contributed by atoms with Crippen molar-refractivity contribution in [2.45, 2.75) is 32.4 Å². The quantitative estimate of drug-likeness (QED) is 0.841. The molecular formula is C11H14F3NO. The Kier molecular flexibility index (Phi) is 3.48. The van der Waals surface area contributed by atoms with Gasteiger partial charge >= 0.3 is 0 Å². The van der Waals surface area contributed by atoms with Gasteiger partial charge in [0.05, 0.1) is 11.6 Å². The van der Waals surface area contributed by atoms with Gasteiger partial charge in [-0.05, 0) is 20.8 Å². The first-order valence-electron chi connectivity index (χ1n) is 4.85. The number of hydrogen-bond acceptors (Lipinski definition) is 2. The van der Waals surface area contributed by atoms with E-state index in [4.69, 9.17) is 0 Å². The molecule has 0 spiro atoms. The van der Waals surface area contributed by atoms with E-state index >= 15 is 0 Å². The second kappa shape index (κ2) is 4.33. The van der Waals surface area contributed by atoms with E-state index < -0.39 is 34.8 Å². The fourth-order valence-corrected chi connectivity index (χ4v) is 1.07. The van der Waals surface area contributed by atoms with Crippen molar-refractivity contribution in [1.82, 2.24) is 0 Å². The molecule has 1 unspecified atom stereocenters. The van der Waals surface area contributed by atoms with Gasteiger partial charge in [-0.3, -0.25) is 0 Å². The molecule has 0 saturated carbocycles. The summed E-state index contributed by atoms with van der Waals surface area (Å²) in [5, 5.41) is 12.1. The lowest BCUT2D eigenvalue weighted by molar-refractivity contribution is 0.0647. The molecule has 0 amide bonds. The summed E-state index contributed by atoms with van der Waals surface area (Å²) in [6.07, 6.45) is 0. The highest BCUT2D eigenvalue weighted by Crippen LogP contribution is 2.23. The summed E-state index contributed by atoms with van der Waals surface area (Å²) < 4.78 is 39.1. The SMILES string of the molecule is CC(Nc1c(F)cc(F)cc1F)C(C)(C)O. The van der Waals surface area contributed by atoms with E-state index in [0.717, 1.165) is 0 Å². The van der Waals surface area contributed by atoms with Gasteiger partial charge in [0.15, 0.2) is 11.6 Å². The molecule has 0 aliphatic rings. The molecule has 1 rings (SSSR count). The van der Waals surface area contributed by atoms with Gasteiger partial charge in [-0.1, -0.05) is 0 Å². The van der Waals surface area contributed by atoms with E-state index in [-0.39, 0.29) is 0 Å². The fourth-order valence-electron chi connectivity index (χ4n) is 1.07. The van der Waals surface area contributed by atoms with Crippen molar-refractivity contribution in [3.05, 3.63) is 29.6 Å². The van der Waals surface area contributed by atoms with Crippen LogP contribution in [0, 0.1) is 17.5 Å². The van der Waals surface area contributed by atoms with Crippen molar-refractivity contribution in [3.8, 4) is 0 Å². The lowest BCUT2D eigenvalue weighted by atomic mass is 10.0. The number of nitrogens with one attached hydrogen (secondary N) is 1. The molecule has 1 aromatic carbocycles. The predicted octanol–water partition coefficient (Wildman–Crippen LogP) is 2.68. The first-order chi connectivity index (χ1) is 7.21. The van der Waals surface area contributed by atoms with Crippen LogP contribution in [0.1, 0.15) is 20.8 Å². The van der Waals surface area contributed by atoms with Crippen molar-refractivity contribution in [3.63, 3.8) is 0 Å². The van der Waals surface area contributed by atoms with E-state index in [1.165, 1.54) is 13.8 Å². The Bertz CT molecular complexity index is 364. The second-order valence-electron chi connectivity index (χ2n) is 4.26. The standard InChI is InChI=1S/C11H14F3NO/c1-6(11(2,3)16)15-10-8(13)4-7(12)5-9(10)14/h4-6,15-16H,1-3H3. The number of halogens is 3.